The third-order valence-corrected chi connectivity index (χ3v) is 2.71. The summed E-state index contributed by atoms with van der Waals surface area (Å²) in [4.78, 5) is 13.5. The van der Waals surface area contributed by atoms with Crippen molar-refractivity contribution in [1.29, 1.82) is 0 Å². The number of carbonyl (C=O) groups excluding carboxylic acids is 1. The van der Waals surface area contributed by atoms with Crippen molar-refractivity contribution in [2.24, 2.45) is 0 Å². The van der Waals surface area contributed by atoms with E-state index in [2.05, 4.69) is 5.32 Å². The van der Waals surface area contributed by atoms with E-state index in [1.54, 1.807) is 4.90 Å². The van der Waals surface area contributed by atoms with E-state index in [9.17, 15) is 4.79 Å². The molecule has 0 aromatic heterocycles. The Balaban J connectivity index is 2.53. The van der Waals surface area contributed by atoms with Crippen molar-refractivity contribution >= 4 is 6.09 Å². The molecular weight excluding hydrogens is 192 g/mol. The Labute approximate surface area is 92.0 Å². The van der Waals surface area contributed by atoms with Crippen LogP contribution in [0.25, 0.3) is 0 Å². The van der Waals surface area contributed by atoms with Crippen LogP contribution in [0.1, 0.15) is 33.6 Å². The number of hydrogen-bond donors (Lipinski definition) is 1. The van der Waals surface area contributed by atoms with Gasteiger partial charge in [-0.05, 0) is 40.7 Å². The minimum Gasteiger partial charge on any atom is -0.444 e. The Hall–Kier alpha value is -0.770. The maximum atomic E-state index is 11.8. The minimum atomic E-state index is -0.416. The summed E-state index contributed by atoms with van der Waals surface area (Å²) in [6, 6.07) is 0. The lowest BCUT2D eigenvalue weighted by Gasteiger charge is -2.30. The van der Waals surface area contributed by atoms with Crippen LogP contribution in [0, 0.1) is 0 Å². The zero-order valence-corrected chi connectivity index (χ0v) is 10.4. The van der Waals surface area contributed by atoms with Crippen molar-refractivity contribution in [3.63, 3.8) is 0 Å². The Morgan fingerprint density at radius 2 is 2.00 bits per heavy atom. The molecule has 0 heterocycles. The molecule has 1 aliphatic carbocycles. The van der Waals surface area contributed by atoms with Gasteiger partial charge in [-0.25, -0.2) is 4.79 Å². The van der Waals surface area contributed by atoms with E-state index in [4.69, 9.17) is 4.74 Å². The van der Waals surface area contributed by atoms with Crippen LogP contribution in [0.2, 0.25) is 0 Å². The van der Waals surface area contributed by atoms with Crippen LogP contribution in [0.5, 0.6) is 0 Å². The maximum Gasteiger partial charge on any atom is 0.410 e. The van der Waals surface area contributed by atoms with E-state index in [1.807, 2.05) is 34.9 Å². The van der Waals surface area contributed by atoms with Crippen molar-refractivity contribution in [2.45, 2.75) is 44.8 Å². The van der Waals surface area contributed by atoms with Crippen molar-refractivity contribution in [3.05, 3.63) is 0 Å². The number of carbonyl (C=O) groups is 1. The second-order valence-electron chi connectivity index (χ2n) is 5.29. The van der Waals surface area contributed by atoms with Gasteiger partial charge >= 0.3 is 6.09 Å². The van der Waals surface area contributed by atoms with Crippen molar-refractivity contribution in [3.8, 4) is 0 Å². The Bertz CT molecular complexity index is 241. The van der Waals surface area contributed by atoms with Crippen LogP contribution in [0.3, 0.4) is 0 Å². The van der Waals surface area contributed by atoms with Gasteiger partial charge in [0.25, 0.3) is 0 Å². The molecule has 1 amide bonds. The zero-order chi connectivity index (χ0) is 11.7. The number of amides is 1. The lowest BCUT2D eigenvalue weighted by Crippen LogP contribution is -2.46. The molecule has 0 bridgehead atoms. The van der Waals surface area contributed by atoms with Crippen LogP contribution in [-0.2, 0) is 4.74 Å². The molecule has 4 nitrogen and oxygen atoms in total. The lowest BCUT2D eigenvalue weighted by atomic mass is 10.2. The summed E-state index contributed by atoms with van der Waals surface area (Å²) in [5.41, 5.74) is -0.419. The first-order chi connectivity index (χ1) is 6.81. The average Bonchev–Trinajstić information content (AvgIpc) is 2.82. The SMILES string of the molecule is CNCC1(N(C)C(=O)OC(C)(C)C)CC1. The van der Waals surface area contributed by atoms with Gasteiger partial charge < -0.3 is 15.0 Å². The molecule has 0 saturated heterocycles. The Morgan fingerprint density at radius 1 is 1.47 bits per heavy atom. The standard InChI is InChI=1S/C11H22N2O2/c1-10(2,3)15-9(14)13(5)11(6-7-11)8-12-4/h12H,6-8H2,1-5H3. The fraction of sp³-hybridized carbons (Fsp3) is 0.909. The molecule has 4 heteroatoms. The fourth-order valence-corrected chi connectivity index (χ4v) is 1.63. The van der Waals surface area contributed by atoms with Gasteiger partial charge in [-0.15, -0.1) is 0 Å². The predicted octanol–water partition coefficient (Wildman–Crippen LogP) is 1.61. The molecule has 1 rings (SSSR count). The van der Waals surface area contributed by atoms with E-state index in [1.165, 1.54) is 0 Å². The molecule has 0 aromatic carbocycles. The van der Waals surface area contributed by atoms with Gasteiger partial charge in [0, 0.05) is 13.6 Å². The predicted molar refractivity (Wildman–Crippen MR) is 59.9 cm³/mol. The van der Waals surface area contributed by atoms with Crippen molar-refractivity contribution in [2.75, 3.05) is 20.6 Å². The van der Waals surface area contributed by atoms with Crippen LogP contribution in [0.4, 0.5) is 4.79 Å². The van der Waals surface area contributed by atoms with Gasteiger partial charge in [0.1, 0.15) is 5.60 Å². The van der Waals surface area contributed by atoms with Gasteiger partial charge in [-0.2, -0.15) is 0 Å². The highest BCUT2D eigenvalue weighted by Gasteiger charge is 2.48. The largest absolute Gasteiger partial charge is 0.444 e. The van der Waals surface area contributed by atoms with Crippen LogP contribution < -0.4 is 5.32 Å². The van der Waals surface area contributed by atoms with Gasteiger partial charge in [-0.3, -0.25) is 0 Å². The smallest absolute Gasteiger partial charge is 0.410 e. The van der Waals surface area contributed by atoms with Crippen LogP contribution >= 0.6 is 0 Å². The minimum absolute atomic E-state index is 0.00289. The third kappa shape index (κ3) is 3.09. The molecule has 0 aliphatic heterocycles. The quantitative estimate of drug-likeness (QED) is 0.776. The normalized spacial score (nSPS) is 18.5. The zero-order valence-electron chi connectivity index (χ0n) is 10.4. The van der Waals surface area contributed by atoms with Gasteiger partial charge in [0.05, 0.1) is 5.54 Å². The van der Waals surface area contributed by atoms with E-state index in [-0.39, 0.29) is 11.6 Å². The van der Waals surface area contributed by atoms with Crippen LogP contribution in [-0.4, -0.2) is 42.8 Å². The second-order valence-corrected chi connectivity index (χ2v) is 5.29. The Morgan fingerprint density at radius 3 is 2.33 bits per heavy atom. The van der Waals surface area contributed by atoms with E-state index < -0.39 is 5.60 Å². The third-order valence-electron chi connectivity index (χ3n) is 2.71. The van der Waals surface area contributed by atoms with E-state index in [0.29, 0.717) is 0 Å². The molecule has 1 aliphatic rings. The first-order valence-corrected chi connectivity index (χ1v) is 5.42. The molecule has 15 heavy (non-hydrogen) atoms. The molecule has 0 radical (unpaired) electrons. The summed E-state index contributed by atoms with van der Waals surface area (Å²) in [5, 5.41) is 3.12. The molecule has 0 aromatic rings. The molecule has 0 atom stereocenters. The number of rotatable bonds is 3. The van der Waals surface area contributed by atoms with Gasteiger partial charge in [0.15, 0.2) is 0 Å². The lowest BCUT2D eigenvalue weighted by molar-refractivity contribution is 0.0196. The molecule has 0 spiro atoms. The van der Waals surface area contributed by atoms with Gasteiger partial charge in [0.2, 0.25) is 0 Å². The molecule has 88 valence electrons. The first kappa shape index (κ1) is 12.3. The highest BCUT2D eigenvalue weighted by Crippen LogP contribution is 2.40. The monoisotopic (exact) mass is 214 g/mol. The number of nitrogens with one attached hydrogen (secondary N) is 1. The Kier molecular flexibility index (Phi) is 3.28. The van der Waals surface area contributed by atoms with E-state index >= 15 is 0 Å². The molecule has 1 saturated carbocycles. The number of hydrogen-bond acceptors (Lipinski definition) is 3. The van der Waals surface area contributed by atoms with Crippen LogP contribution in [0.15, 0.2) is 0 Å². The average molecular weight is 214 g/mol. The summed E-state index contributed by atoms with van der Waals surface area (Å²) in [6.45, 7) is 6.49. The summed E-state index contributed by atoms with van der Waals surface area (Å²) in [7, 11) is 3.72. The van der Waals surface area contributed by atoms with Gasteiger partial charge in [-0.1, -0.05) is 0 Å². The fourth-order valence-electron chi connectivity index (χ4n) is 1.63. The second kappa shape index (κ2) is 4.00. The number of nitrogens with zero attached hydrogens (tertiary/aromatic N) is 1. The molecule has 0 unspecified atom stereocenters. The molecule has 1 fully saturated rings. The summed E-state index contributed by atoms with van der Waals surface area (Å²) in [5.74, 6) is 0. The first-order valence-electron chi connectivity index (χ1n) is 5.42. The molecular formula is C11H22N2O2. The highest BCUT2D eigenvalue weighted by molar-refractivity contribution is 5.69. The highest BCUT2D eigenvalue weighted by atomic mass is 16.6. The number of ether oxygens (including phenoxy) is 1. The topological polar surface area (TPSA) is 41.6 Å². The van der Waals surface area contributed by atoms with Crippen molar-refractivity contribution < 1.29 is 9.53 Å². The summed E-state index contributed by atoms with van der Waals surface area (Å²) in [6.07, 6.45) is 1.89. The summed E-state index contributed by atoms with van der Waals surface area (Å²) >= 11 is 0. The number of likely N-dealkylation sites (N-methyl/N-ethyl adjacent to an activating group) is 2. The maximum absolute atomic E-state index is 11.8. The summed E-state index contributed by atoms with van der Waals surface area (Å²) < 4.78 is 5.33. The van der Waals surface area contributed by atoms with E-state index in [0.717, 1.165) is 19.4 Å². The molecule has 1 N–H and O–H groups in total. The van der Waals surface area contributed by atoms with Crippen molar-refractivity contribution in [1.82, 2.24) is 10.2 Å².